The van der Waals surface area contributed by atoms with Crippen LogP contribution >= 0.6 is 23.2 Å². The molecule has 1 amide bonds. The van der Waals surface area contributed by atoms with Crippen molar-refractivity contribution in [1.82, 2.24) is 5.32 Å². The average Bonchev–Trinajstić information content (AvgIpc) is 3.04. The van der Waals surface area contributed by atoms with Crippen molar-refractivity contribution in [3.8, 4) is 0 Å². The molecular formula is C15H18Cl2N2O5S. The lowest BCUT2D eigenvalue weighted by Gasteiger charge is -2.11. The van der Waals surface area contributed by atoms with Crippen molar-refractivity contribution in [3.63, 3.8) is 0 Å². The smallest absolute Gasteiger partial charge is 0.315 e. The zero-order valence-corrected chi connectivity index (χ0v) is 15.7. The maximum Gasteiger partial charge on any atom is 0.315 e. The molecule has 0 radical (unpaired) electrons. The first-order valence-corrected chi connectivity index (χ1v) is 9.69. The first-order valence-electron chi connectivity index (χ1n) is 7.39. The Balaban J connectivity index is 1.71. The van der Waals surface area contributed by atoms with Crippen molar-refractivity contribution < 1.29 is 22.7 Å². The number of halogens is 2. The summed E-state index contributed by atoms with van der Waals surface area (Å²) in [5.74, 6) is -1.06. The Hall–Kier alpha value is -1.35. The van der Waals surface area contributed by atoms with Crippen molar-refractivity contribution in [2.75, 3.05) is 13.2 Å². The van der Waals surface area contributed by atoms with Gasteiger partial charge in [0.1, 0.15) is 9.75 Å². The number of alkyl halides is 2. The van der Waals surface area contributed by atoms with E-state index in [1.54, 1.807) is 19.1 Å². The molecule has 25 heavy (non-hydrogen) atoms. The molecule has 138 valence electrons. The fourth-order valence-electron chi connectivity index (χ4n) is 2.15. The van der Waals surface area contributed by atoms with E-state index < -0.39 is 38.3 Å². The number of sulfonamides is 1. The summed E-state index contributed by atoms with van der Waals surface area (Å²) in [5.41, 5.74) is -0.147. The zero-order valence-electron chi connectivity index (χ0n) is 13.4. The number of hydrogen-bond acceptors (Lipinski definition) is 5. The number of carbonyl (C=O) groups excluding carboxylic acids is 2. The molecule has 0 aliphatic heterocycles. The third-order valence-electron chi connectivity index (χ3n) is 4.03. The molecule has 1 fully saturated rings. The molecule has 1 saturated carbocycles. The summed E-state index contributed by atoms with van der Waals surface area (Å²) in [4.78, 5) is 23.5. The molecule has 0 saturated heterocycles. The van der Waals surface area contributed by atoms with Crippen LogP contribution in [-0.4, -0.2) is 37.8 Å². The first-order chi connectivity index (χ1) is 11.5. The van der Waals surface area contributed by atoms with Crippen LogP contribution in [0.1, 0.15) is 18.9 Å². The lowest BCUT2D eigenvalue weighted by Crippen LogP contribution is -2.32. The third-order valence-corrected chi connectivity index (χ3v) is 6.06. The molecule has 1 aliphatic carbocycles. The van der Waals surface area contributed by atoms with Gasteiger partial charge in [0.05, 0.1) is 4.90 Å². The Morgan fingerprint density at radius 1 is 1.28 bits per heavy atom. The first kappa shape index (κ1) is 20.0. The van der Waals surface area contributed by atoms with E-state index in [-0.39, 0.29) is 11.3 Å². The van der Waals surface area contributed by atoms with Crippen LogP contribution in [0.3, 0.4) is 0 Å². The number of nitrogens with one attached hydrogen (secondary N) is 1. The van der Waals surface area contributed by atoms with Crippen LogP contribution < -0.4 is 10.5 Å². The van der Waals surface area contributed by atoms with Gasteiger partial charge in [-0.25, -0.2) is 13.6 Å². The van der Waals surface area contributed by atoms with Crippen molar-refractivity contribution >= 4 is 45.1 Å². The van der Waals surface area contributed by atoms with E-state index in [0.29, 0.717) is 13.0 Å². The minimum atomic E-state index is -3.72. The van der Waals surface area contributed by atoms with E-state index in [1.165, 1.54) is 12.1 Å². The fourth-order valence-corrected chi connectivity index (χ4v) is 3.36. The van der Waals surface area contributed by atoms with E-state index in [0.717, 1.165) is 5.56 Å². The van der Waals surface area contributed by atoms with E-state index in [1.807, 2.05) is 0 Å². The van der Waals surface area contributed by atoms with Gasteiger partial charge in [-0.3, -0.25) is 9.59 Å². The summed E-state index contributed by atoms with van der Waals surface area (Å²) in [6.07, 6.45) is 0.771. The number of benzene rings is 1. The van der Waals surface area contributed by atoms with Gasteiger partial charge in [0, 0.05) is 13.0 Å². The number of primary sulfonamides is 1. The average molecular weight is 409 g/mol. The Bertz CT molecular complexity index is 780. The number of ether oxygens (including phenoxy) is 1. The highest BCUT2D eigenvalue weighted by atomic mass is 35.5. The molecule has 1 aromatic carbocycles. The molecule has 0 aromatic heterocycles. The predicted molar refractivity (Wildman–Crippen MR) is 92.6 cm³/mol. The number of esters is 1. The van der Waals surface area contributed by atoms with E-state index >= 15 is 0 Å². The number of amides is 1. The summed E-state index contributed by atoms with van der Waals surface area (Å²) < 4.78 is 26.1. The summed E-state index contributed by atoms with van der Waals surface area (Å²) in [6, 6.07) is 6.02. The highest BCUT2D eigenvalue weighted by molar-refractivity contribution is 7.89. The second-order valence-corrected chi connectivity index (χ2v) is 9.12. The standard InChI is InChI=1S/C15H18Cl2N2O5S/c1-14(9-15(14,16)17)13(21)24-8-12(20)19-7-6-10-2-4-11(5-3-10)25(18,22)23/h2-5H,6-9H2,1H3,(H,19,20)(H2,18,22,23)/t14-/m0/s1. The van der Waals surface area contributed by atoms with Gasteiger partial charge >= 0.3 is 5.97 Å². The SMILES string of the molecule is C[C@@]1(C(=O)OCC(=O)NCCc2ccc(S(N)(=O)=O)cc2)CC1(Cl)Cl. The van der Waals surface area contributed by atoms with E-state index in [2.05, 4.69) is 5.32 Å². The van der Waals surface area contributed by atoms with Gasteiger partial charge in [0.15, 0.2) is 6.61 Å². The topological polar surface area (TPSA) is 116 Å². The van der Waals surface area contributed by atoms with Gasteiger partial charge < -0.3 is 10.1 Å². The summed E-state index contributed by atoms with van der Waals surface area (Å²) in [5, 5.41) is 7.61. The molecular weight excluding hydrogens is 391 g/mol. The molecule has 0 heterocycles. The number of carbonyl (C=O) groups is 2. The van der Waals surface area contributed by atoms with Crippen LogP contribution in [0.25, 0.3) is 0 Å². The minimum Gasteiger partial charge on any atom is -0.455 e. The third kappa shape index (κ3) is 4.84. The molecule has 0 bridgehead atoms. The Kier molecular flexibility index (Phi) is 5.68. The summed E-state index contributed by atoms with van der Waals surface area (Å²) in [7, 11) is -3.72. The van der Waals surface area contributed by atoms with Gasteiger partial charge in [-0.15, -0.1) is 23.2 Å². The maximum atomic E-state index is 11.8. The maximum absolute atomic E-state index is 11.8. The quantitative estimate of drug-likeness (QED) is 0.517. The number of nitrogens with two attached hydrogens (primary N) is 1. The second-order valence-electron chi connectivity index (χ2n) is 6.08. The molecule has 1 atom stereocenters. The molecule has 2 rings (SSSR count). The van der Waals surface area contributed by atoms with Crippen molar-refractivity contribution in [2.24, 2.45) is 10.6 Å². The van der Waals surface area contributed by atoms with Crippen LogP contribution in [0, 0.1) is 5.41 Å². The van der Waals surface area contributed by atoms with Gasteiger partial charge in [0.25, 0.3) is 5.91 Å². The van der Waals surface area contributed by atoms with Crippen LogP contribution in [0.5, 0.6) is 0 Å². The van der Waals surface area contributed by atoms with Gasteiger partial charge in [-0.2, -0.15) is 0 Å². The molecule has 1 aliphatic rings. The lowest BCUT2D eigenvalue weighted by atomic mass is 10.1. The predicted octanol–water partition coefficient (Wildman–Crippen LogP) is 1.12. The monoisotopic (exact) mass is 408 g/mol. The van der Waals surface area contributed by atoms with E-state index in [9.17, 15) is 18.0 Å². The van der Waals surface area contributed by atoms with E-state index in [4.69, 9.17) is 33.1 Å². The van der Waals surface area contributed by atoms with Gasteiger partial charge in [0.2, 0.25) is 10.0 Å². The van der Waals surface area contributed by atoms with Crippen LogP contribution in [0.2, 0.25) is 0 Å². The zero-order chi connectivity index (χ0) is 18.9. The van der Waals surface area contributed by atoms with Crippen molar-refractivity contribution in [3.05, 3.63) is 29.8 Å². The van der Waals surface area contributed by atoms with Crippen LogP contribution in [-0.2, 0) is 30.8 Å². The summed E-state index contributed by atoms with van der Waals surface area (Å²) >= 11 is 11.7. The highest BCUT2D eigenvalue weighted by Crippen LogP contribution is 2.64. The van der Waals surface area contributed by atoms with Crippen LogP contribution in [0.15, 0.2) is 29.2 Å². The molecule has 1 aromatic rings. The fraction of sp³-hybridized carbons (Fsp3) is 0.467. The Labute approximate surface area is 155 Å². The number of rotatable bonds is 7. The van der Waals surface area contributed by atoms with Gasteiger partial charge in [-0.1, -0.05) is 12.1 Å². The van der Waals surface area contributed by atoms with Gasteiger partial charge in [-0.05, 0) is 31.0 Å². The Morgan fingerprint density at radius 3 is 2.32 bits per heavy atom. The van der Waals surface area contributed by atoms with Crippen molar-refractivity contribution in [2.45, 2.75) is 29.0 Å². The highest BCUT2D eigenvalue weighted by Gasteiger charge is 2.69. The Morgan fingerprint density at radius 2 is 1.84 bits per heavy atom. The molecule has 7 nitrogen and oxygen atoms in total. The lowest BCUT2D eigenvalue weighted by molar-refractivity contribution is -0.153. The normalized spacial score (nSPS) is 21.4. The minimum absolute atomic E-state index is 0.0235. The molecule has 0 spiro atoms. The largest absolute Gasteiger partial charge is 0.455 e. The number of hydrogen-bond donors (Lipinski definition) is 2. The molecule has 0 unspecified atom stereocenters. The second kappa shape index (κ2) is 7.11. The van der Waals surface area contributed by atoms with Crippen molar-refractivity contribution in [1.29, 1.82) is 0 Å². The summed E-state index contributed by atoms with van der Waals surface area (Å²) in [6.45, 7) is 1.47. The molecule has 3 N–H and O–H groups in total. The molecule has 10 heteroatoms. The van der Waals surface area contributed by atoms with Crippen LogP contribution in [0.4, 0.5) is 0 Å².